The molecule has 0 N–H and O–H groups in total. The number of para-hydroxylation sites is 3. The van der Waals surface area contributed by atoms with E-state index in [2.05, 4.69) is 397 Å². The molecular formula is C142H143NO2. The minimum Gasteiger partial charge on any atom is -0.455 e. The molecule has 18 aromatic rings. The highest BCUT2D eigenvalue weighted by Gasteiger charge is 2.48. The van der Waals surface area contributed by atoms with Gasteiger partial charge in [0, 0.05) is 82.1 Å². The number of hydrogen-bond donors (Lipinski definition) is 0. The van der Waals surface area contributed by atoms with Gasteiger partial charge in [0.25, 0.3) is 0 Å². The van der Waals surface area contributed by atoms with Gasteiger partial charge in [-0.2, -0.15) is 0 Å². The van der Waals surface area contributed by atoms with Crippen LogP contribution in [0.5, 0.6) is 0 Å². The van der Waals surface area contributed by atoms with Gasteiger partial charge in [0.2, 0.25) is 0 Å². The van der Waals surface area contributed by atoms with E-state index in [4.69, 9.17) is 8.83 Å². The Labute approximate surface area is 862 Å². The van der Waals surface area contributed by atoms with Gasteiger partial charge < -0.3 is 13.7 Å². The Balaban J connectivity index is 0.567. The van der Waals surface area contributed by atoms with Gasteiger partial charge in [0.15, 0.2) is 0 Å². The number of anilines is 3. The maximum Gasteiger partial charge on any atom is 0.143 e. The second-order valence-electron chi connectivity index (χ2n) is 46.4. The molecule has 6 aliphatic carbocycles. The first-order chi connectivity index (χ1) is 70.8. The lowest BCUT2D eigenvalue weighted by molar-refractivity contribution is 0.398. The minimum atomic E-state index is -0.442. The zero-order valence-corrected chi connectivity index (χ0v) is 88.0. The molecule has 0 amide bonds. The molecule has 0 atom stereocenters. The maximum atomic E-state index is 7.36. The van der Waals surface area contributed by atoms with Crippen molar-refractivity contribution in [2.75, 3.05) is 4.90 Å². The normalized spacial score (nSPS) is 15.2. The summed E-state index contributed by atoms with van der Waals surface area (Å²) in [4.78, 5) is 2.57. The first-order valence-corrected chi connectivity index (χ1v) is 56.1. The molecule has 3 heteroatoms. The van der Waals surface area contributed by atoms with Crippen molar-refractivity contribution in [1.82, 2.24) is 0 Å². The zero-order valence-electron chi connectivity index (χ0n) is 88.0. The lowest BCUT2D eigenvalue weighted by Crippen LogP contribution is -2.25. The predicted octanol–water partition coefficient (Wildman–Crippen LogP) is 42.1. The summed E-state index contributed by atoms with van der Waals surface area (Å²) < 4.78 is 14.7. The third-order valence-corrected chi connectivity index (χ3v) is 36.3. The summed E-state index contributed by atoms with van der Waals surface area (Å²) in [5.41, 5.74) is 50.9. The van der Waals surface area contributed by atoms with Crippen LogP contribution in [0, 0.1) is 0 Å². The van der Waals surface area contributed by atoms with E-state index in [-0.39, 0.29) is 21.7 Å². The number of furan rings is 2. The molecule has 2 aromatic heterocycles. The van der Waals surface area contributed by atoms with Gasteiger partial charge in [0.05, 0.1) is 5.69 Å². The van der Waals surface area contributed by atoms with E-state index in [0.29, 0.717) is 0 Å². The van der Waals surface area contributed by atoms with Crippen molar-refractivity contribution >= 4 is 60.9 Å². The van der Waals surface area contributed by atoms with E-state index in [0.717, 1.165) is 66.9 Å². The molecule has 24 rings (SSSR count). The molecule has 0 fully saturated rings. The number of fused-ring (bicyclic) bond motifs is 26. The largest absolute Gasteiger partial charge is 0.455 e. The Bertz CT molecular complexity index is 7620. The van der Waals surface area contributed by atoms with Crippen LogP contribution >= 0.6 is 0 Å². The number of rotatable bonds is 36. The molecule has 16 aromatic carbocycles. The van der Waals surface area contributed by atoms with E-state index >= 15 is 0 Å². The number of unbranched alkanes of at least 4 members (excludes halogenated alkanes) is 20. The average molecular weight is 1900 g/mol. The fourth-order valence-corrected chi connectivity index (χ4v) is 28.4. The Morgan fingerprint density at radius 2 is 0.483 bits per heavy atom. The first kappa shape index (κ1) is 94.2. The fourth-order valence-electron chi connectivity index (χ4n) is 28.4. The monoisotopic (exact) mass is 1890 g/mol. The SMILES string of the molecule is CCCCCCCCC1(CCCCCCCC)c2ccccc2-c2ccc(-c3ccc4c(c3)C(C)(C)c3cc(-c5cc6c(c7c5oc5ccccc57)-c5ccc(N(c7ccc8c(c7)C(C)(C)c7cc(-c9ccc%10c(c9)C(C)(C)c9cc(-c%11ccc%12c(c%11)C(CCCCCCCC)(CCCCCCCC)c%11ccccc%11-%12)ccc9-%10)c9oc%10ccccc%10c9c7-8)c7ccccc7-c7ccccc7)cc5C6(C)C)ccc3-4)cc21. The van der Waals surface area contributed by atoms with E-state index in [1.165, 1.54) is 341 Å². The van der Waals surface area contributed by atoms with Crippen LogP contribution in [-0.2, 0) is 32.5 Å². The number of nitrogens with zero attached hydrogens (tertiary/aromatic N) is 1. The fraction of sp³-hybridized carbons (Fsp3) is 0.324. The van der Waals surface area contributed by atoms with Gasteiger partial charge in [-0.1, -0.05) is 456 Å². The van der Waals surface area contributed by atoms with Gasteiger partial charge in [-0.25, -0.2) is 0 Å². The third-order valence-electron chi connectivity index (χ3n) is 36.3. The van der Waals surface area contributed by atoms with Crippen LogP contribution < -0.4 is 4.90 Å². The summed E-state index contributed by atoms with van der Waals surface area (Å²) in [6, 6.07) is 121. The molecule has 728 valence electrons. The highest BCUT2D eigenvalue weighted by atomic mass is 16.3. The van der Waals surface area contributed by atoms with Gasteiger partial charge in [-0.15, -0.1) is 0 Å². The summed E-state index contributed by atoms with van der Waals surface area (Å²) in [5.74, 6) is 0. The second kappa shape index (κ2) is 37.8. The lowest BCUT2D eigenvalue weighted by atomic mass is 9.70. The number of benzene rings is 16. The molecular weight excluding hydrogens is 1750 g/mol. The Kier molecular flexibility index (Phi) is 24.5. The molecule has 0 aliphatic heterocycles. The Hall–Kier alpha value is -13.1. The maximum absolute atomic E-state index is 7.36. The van der Waals surface area contributed by atoms with Crippen molar-refractivity contribution in [2.45, 2.75) is 295 Å². The molecule has 6 aliphatic rings. The van der Waals surface area contributed by atoms with Crippen molar-refractivity contribution in [3.63, 3.8) is 0 Å². The summed E-state index contributed by atoms with van der Waals surface area (Å²) in [6.45, 7) is 29.1. The first-order valence-electron chi connectivity index (χ1n) is 56.1. The van der Waals surface area contributed by atoms with Crippen LogP contribution in [0.2, 0.25) is 0 Å². The van der Waals surface area contributed by atoms with E-state index < -0.39 is 10.8 Å². The Morgan fingerprint density at radius 1 is 0.200 bits per heavy atom. The summed E-state index contributed by atoms with van der Waals surface area (Å²) in [5, 5.41) is 4.64. The average Bonchev–Trinajstić information content (AvgIpc) is 1.54. The molecule has 0 saturated carbocycles. The quantitative estimate of drug-likeness (QED) is 0.0367. The smallest absolute Gasteiger partial charge is 0.143 e. The van der Waals surface area contributed by atoms with Crippen LogP contribution in [0.25, 0.3) is 166 Å². The van der Waals surface area contributed by atoms with Crippen LogP contribution in [0.3, 0.4) is 0 Å². The summed E-state index contributed by atoms with van der Waals surface area (Å²) in [7, 11) is 0. The van der Waals surface area contributed by atoms with E-state index in [1.54, 1.807) is 22.3 Å². The molecule has 0 saturated heterocycles. The van der Waals surface area contributed by atoms with Crippen LogP contribution in [0.15, 0.2) is 318 Å². The van der Waals surface area contributed by atoms with Gasteiger partial charge in [-0.05, 0) is 289 Å². The number of hydrogen-bond acceptors (Lipinski definition) is 3. The summed E-state index contributed by atoms with van der Waals surface area (Å²) >= 11 is 0. The predicted molar refractivity (Wildman–Crippen MR) is 618 cm³/mol. The molecule has 0 unspecified atom stereocenters. The van der Waals surface area contributed by atoms with E-state index in [9.17, 15) is 0 Å². The second-order valence-corrected chi connectivity index (χ2v) is 46.4. The van der Waals surface area contributed by atoms with Gasteiger partial charge in [-0.3, -0.25) is 0 Å². The standard InChI is InChI=1S/C142H143NO2/c1-13-17-21-25-29-46-78-141(79-47-30-26-22-18-14-2)116-57-41-36-53-102(116)108-72-64-95(84-124(108)141)93-62-70-104-106-74-66-97(86-120(106)137(5,6)118(104)82-93)114-90-126-131(133-112-55-39-44-60-129(112)144-135(114)133)110-76-68-99(88-122(110)139(126,9)10)143(128-59-43-38-52-101(128)92-50-34-33-35-51-92)100-69-77-111-123(89-100)140(11,12)127-91-115(136-134(132(111)127)113-56-40-45-61-130(113)145-136)98-67-75-107-105-71-63-94(83-119(105)138(7,8)121(107)87-98)96-65-73-109-103-54-37-42-58-117(103)142(125(109)85-96,80-48-31-27-23-19-15-3)81-49-32-28-24-20-16-4/h33-45,50-77,82-91H,13-32,46-49,78-81H2,1-12H3. The van der Waals surface area contributed by atoms with Gasteiger partial charge in [0.1, 0.15) is 22.3 Å². The van der Waals surface area contributed by atoms with Crippen molar-refractivity contribution in [2.24, 2.45) is 0 Å². The minimum absolute atomic E-state index is 0.0133. The molecule has 0 bridgehead atoms. The van der Waals surface area contributed by atoms with Crippen molar-refractivity contribution in [1.29, 1.82) is 0 Å². The molecule has 0 radical (unpaired) electrons. The third kappa shape index (κ3) is 15.6. The topological polar surface area (TPSA) is 29.5 Å². The molecule has 0 spiro atoms. The van der Waals surface area contributed by atoms with Crippen molar-refractivity contribution in [3.05, 3.63) is 376 Å². The highest BCUT2D eigenvalue weighted by Crippen LogP contribution is 2.64. The van der Waals surface area contributed by atoms with Crippen molar-refractivity contribution in [3.8, 4) is 122 Å². The Morgan fingerprint density at radius 3 is 0.869 bits per heavy atom. The van der Waals surface area contributed by atoms with Crippen molar-refractivity contribution < 1.29 is 8.83 Å². The van der Waals surface area contributed by atoms with E-state index in [1.807, 2.05) is 0 Å². The van der Waals surface area contributed by atoms with Crippen LogP contribution in [0.4, 0.5) is 17.1 Å². The van der Waals surface area contributed by atoms with Crippen LogP contribution in [0.1, 0.15) is 330 Å². The zero-order chi connectivity index (χ0) is 98.8. The van der Waals surface area contributed by atoms with Gasteiger partial charge >= 0.3 is 0 Å². The summed E-state index contributed by atoms with van der Waals surface area (Å²) in [6.07, 6.45) is 36.3. The lowest BCUT2D eigenvalue weighted by Gasteiger charge is -2.33. The van der Waals surface area contributed by atoms with Crippen LogP contribution in [-0.4, -0.2) is 0 Å². The molecule has 145 heavy (non-hydrogen) atoms. The highest BCUT2D eigenvalue weighted by molar-refractivity contribution is 6.21. The molecule has 3 nitrogen and oxygen atoms in total. The molecule has 2 heterocycles.